The maximum atomic E-state index is 11.0. The van der Waals surface area contributed by atoms with Crippen LogP contribution in [0, 0.1) is 10.8 Å². The molecule has 6 nitrogen and oxygen atoms in total. The highest BCUT2D eigenvalue weighted by Gasteiger charge is 2.34. The van der Waals surface area contributed by atoms with E-state index in [-0.39, 0.29) is 6.61 Å². The standard InChI is InChI=1S/C11H22ClO6P/c1-2-3-4-5-6-7-8-9-10-11-17-19(15,16)18-12(13)14/h2H,1,3-11H2,(H,15,16). The predicted octanol–water partition coefficient (Wildman–Crippen LogP) is 1.51. The summed E-state index contributed by atoms with van der Waals surface area (Å²) >= 11 is 0. The second kappa shape index (κ2) is 11.9. The first-order valence-corrected chi connectivity index (χ1v) is 8.74. The van der Waals surface area contributed by atoms with Gasteiger partial charge >= 0.3 is 7.82 Å². The van der Waals surface area contributed by atoms with Crippen molar-refractivity contribution in [3.8, 4) is 0 Å². The first-order chi connectivity index (χ1) is 8.98. The number of hydrogen-bond acceptors (Lipinski definition) is 5. The van der Waals surface area contributed by atoms with E-state index in [1.54, 1.807) is 0 Å². The van der Waals surface area contributed by atoms with Gasteiger partial charge in [-0.2, -0.15) is 0 Å². The maximum absolute atomic E-state index is 11.0. The van der Waals surface area contributed by atoms with Gasteiger partial charge in [0.15, 0.2) is 0 Å². The van der Waals surface area contributed by atoms with Crippen LogP contribution in [0.4, 0.5) is 0 Å². The topological polar surface area (TPSA) is 102 Å². The Kier molecular flexibility index (Phi) is 11.9. The minimum absolute atomic E-state index is 0.00939. The van der Waals surface area contributed by atoms with Gasteiger partial charge in [-0.05, 0) is 19.3 Å². The zero-order chi connectivity index (χ0) is 14.6. The van der Waals surface area contributed by atoms with E-state index in [1.165, 1.54) is 19.3 Å². The first kappa shape index (κ1) is 19.1. The van der Waals surface area contributed by atoms with Gasteiger partial charge in [0.1, 0.15) is 4.08 Å². The normalized spacial score (nSPS) is 14.5. The fourth-order valence-corrected chi connectivity index (χ4v) is 2.63. The van der Waals surface area contributed by atoms with E-state index in [0.29, 0.717) is 6.42 Å². The van der Waals surface area contributed by atoms with Crippen LogP contribution in [-0.2, 0) is 13.2 Å². The Morgan fingerprint density at radius 2 is 1.63 bits per heavy atom. The Morgan fingerprint density at radius 1 is 1.11 bits per heavy atom. The van der Waals surface area contributed by atoms with Crippen molar-refractivity contribution in [2.24, 2.45) is 0 Å². The van der Waals surface area contributed by atoms with Crippen molar-refractivity contribution < 1.29 is 38.2 Å². The van der Waals surface area contributed by atoms with E-state index >= 15 is 0 Å². The minimum atomic E-state index is -4.46. The van der Waals surface area contributed by atoms with E-state index in [2.05, 4.69) is 15.2 Å². The average Bonchev–Trinajstić information content (AvgIpc) is 2.30. The lowest BCUT2D eigenvalue weighted by atomic mass is 10.1. The smallest absolute Gasteiger partial charge is 0.320 e. The van der Waals surface area contributed by atoms with Gasteiger partial charge in [-0.1, -0.05) is 38.2 Å². The molecule has 0 radical (unpaired) electrons. The van der Waals surface area contributed by atoms with Gasteiger partial charge in [-0.3, -0.25) is 9.42 Å². The monoisotopic (exact) mass is 316 g/mol. The lowest BCUT2D eigenvalue weighted by Gasteiger charge is -2.05. The fourth-order valence-electron chi connectivity index (χ4n) is 1.55. The summed E-state index contributed by atoms with van der Waals surface area (Å²) in [5, 5.41) is 0. The fraction of sp³-hybridized carbons (Fsp3) is 0.818. The summed E-state index contributed by atoms with van der Waals surface area (Å²) in [4.78, 5) is 8.91. The predicted molar refractivity (Wildman–Crippen MR) is 64.0 cm³/mol. The third kappa shape index (κ3) is 14.3. The molecule has 0 aliphatic heterocycles. The van der Waals surface area contributed by atoms with Gasteiger partial charge < -0.3 is 9.32 Å². The van der Waals surface area contributed by atoms with Gasteiger partial charge in [-0.15, -0.1) is 6.58 Å². The highest BCUT2D eigenvalue weighted by atomic mass is 35.6. The van der Waals surface area contributed by atoms with Crippen molar-refractivity contribution in [2.75, 3.05) is 6.61 Å². The number of phosphoric ester groups is 1. The summed E-state index contributed by atoms with van der Waals surface area (Å²) in [6, 6.07) is 0. The molecular weight excluding hydrogens is 295 g/mol. The van der Waals surface area contributed by atoms with E-state index < -0.39 is 18.6 Å². The molecule has 0 aromatic carbocycles. The van der Waals surface area contributed by atoms with Crippen molar-refractivity contribution in [2.45, 2.75) is 51.4 Å². The van der Waals surface area contributed by atoms with Gasteiger partial charge in [0.2, 0.25) is 0 Å². The van der Waals surface area contributed by atoms with Crippen molar-refractivity contribution in [3.05, 3.63) is 12.7 Å². The Labute approximate surface area is 117 Å². The van der Waals surface area contributed by atoms with Gasteiger partial charge in [0.05, 0.1) is 6.61 Å². The molecule has 1 atom stereocenters. The number of rotatable bonds is 13. The molecule has 0 heterocycles. The molecule has 0 spiro atoms. The van der Waals surface area contributed by atoms with Crippen LogP contribution >= 0.6 is 7.82 Å². The quantitative estimate of drug-likeness (QED) is 0.314. The number of halogens is 1. The number of allylic oxidation sites excluding steroid dienone is 1. The Balaban J connectivity index is 3.31. The molecule has 8 heteroatoms. The van der Waals surface area contributed by atoms with Crippen LogP contribution in [0.25, 0.3) is 0 Å². The molecular formula is C11H22ClO6P. The molecule has 0 saturated heterocycles. The van der Waals surface area contributed by atoms with E-state index in [1.807, 2.05) is 6.08 Å². The summed E-state index contributed by atoms with van der Waals surface area (Å²) < 4.78 is 39.2. The molecule has 19 heavy (non-hydrogen) atoms. The highest BCUT2D eigenvalue weighted by Crippen LogP contribution is 2.43. The summed E-state index contributed by atoms with van der Waals surface area (Å²) in [6.45, 7) is 3.67. The van der Waals surface area contributed by atoms with Crippen molar-refractivity contribution in [1.29, 1.82) is 0 Å². The molecule has 114 valence electrons. The molecule has 0 saturated carbocycles. The summed E-state index contributed by atoms with van der Waals surface area (Å²) in [5.41, 5.74) is 0. The van der Waals surface area contributed by atoms with Crippen molar-refractivity contribution in [3.63, 3.8) is 0 Å². The van der Waals surface area contributed by atoms with Crippen molar-refractivity contribution in [1.82, 2.24) is 0 Å². The van der Waals surface area contributed by atoms with Crippen LogP contribution in [0.5, 0.6) is 0 Å². The summed E-state index contributed by atoms with van der Waals surface area (Å²) in [5.74, 6) is 0. The largest absolute Gasteiger partial charge is 0.576 e. The molecule has 0 aliphatic rings. The zero-order valence-electron chi connectivity index (χ0n) is 11.0. The van der Waals surface area contributed by atoms with Gasteiger partial charge in [0.25, 0.3) is 10.8 Å². The minimum Gasteiger partial charge on any atom is -0.320 e. The zero-order valence-corrected chi connectivity index (χ0v) is 12.6. The molecule has 0 rings (SSSR count). The van der Waals surface area contributed by atoms with Crippen LogP contribution in [0.3, 0.4) is 0 Å². The highest BCUT2D eigenvalue weighted by molar-refractivity contribution is 7.47. The van der Waals surface area contributed by atoms with Crippen LogP contribution in [0.2, 0.25) is 0 Å². The molecule has 0 aliphatic carbocycles. The van der Waals surface area contributed by atoms with E-state index in [4.69, 9.17) is 4.89 Å². The van der Waals surface area contributed by atoms with Gasteiger partial charge in [-0.25, -0.2) is 4.57 Å². The lowest BCUT2D eigenvalue weighted by Crippen LogP contribution is -2.33. The lowest BCUT2D eigenvalue weighted by molar-refractivity contribution is -1.62. The van der Waals surface area contributed by atoms with Crippen LogP contribution in [0.1, 0.15) is 51.4 Å². The molecule has 1 unspecified atom stereocenters. The number of hydrogen-bond donors (Lipinski definition) is 1. The van der Waals surface area contributed by atoms with Gasteiger partial charge in [0, 0.05) is 0 Å². The Morgan fingerprint density at radius 3 is 2.16 bits per heavy atom. The molecule has 0 aromatic rings. The molecule has 0 amide bonds. The molecule has 0 aromatic heterocycles. The SMILES string of the molecule is C=CCCCCCCCCCOP(=O)(O)O[Cl+2]([O-])[O-]. The van der Waals surface area contributed by atoms with Crippen LogP contribution in [-0.4, -0.2) is 11.5 Å². The molecule has 1 N–H and O–H groups in total. The summed E-state index contributed by atoms with van der Waals surface area (Å²) in [6.07, 6.45) is 10.1. The second-order valence-electron chi connectivity index (χ2n) is 4.11. The Hall–Kier alpha value is 0.0600. The number of phosphoric acid groups is 1. The van der Waals surface area contributed by atoms with E-state index in [0.717, 1.165) is 25.7 Å². The second-order valence-corrected chi connectivity index (χ2v) is 6.24. The van der Waals surface area contributed by atoms with E-state index in [9.17, 15) is 13.9 Å². The third-order valence-electron chi connectivity index (χ3n) is 2.45. The molecule has 0 fully saturated rings. The maximum Gasteiger partial charge on any atom is 0.576 e. The number of unbranched alkanes of at least 4 members (excludes halogenated alkanes) is 7. The molecule has 0 bridgehead atoms. The summed E-state index contributed by atoms with van der Waals surface area (Å²) in [7, 11) is -7.18. The van der Waals surface area contributed by atoms with Crippen LogP contribution in [0.15, 0.2) is 12.7 Å². The third-order valence-corrected chi connectivity index (χ3v) is 4.11. The van der Waals surface area contributed by atoms with Crippen molar-refractivity contribution >= 4 is 7.82 Å². The Bertz CT molecular complexity index is 274. The average molecular weight is 317 g/mol. The van der Waals surface area contributed by atoms with Crippen LogP contribution < -0.4 is 9.32 Å². The first-order valence-electron chi connectivity index (χ1n) is 6.32.